The number of rotatable bonds is 17. The Morgan fingerprint density at radius 1 is 0.880 bits per heavy atom. The lowest BCUT2D eigenvalue weighted by molar-refractivity contribution is -0.138. The second kappa shape index (κ2) is 17.0. The summed E-state index contributed by atoms with van der Waals surface area (Å²) in [7, 11) is 4.60. The molecule has 4 rings (SSSR count). The molecule has 3 aromatic carbocycles. The van der Waals surface area contributed by atoms with Gasteiger partial charge in [0.1, 0.15) is 12.4 Å². The standard InChI is InChI=1S/C37H41F4N3O6/c1-6-23(2)26-9-10-32(47-3)31(15-26)30-17-34(49-5)33(48-4)16-27(30)22-44(21-25-12-24(18-38)13-28(14-25)37(39,40)41)36-42-19-29(20-43-36)50-11-7-8-35(45)46/h9-10,12-17,19-20,23H,6-8,11,18,21-22H2,1-5H3,(H,45,46). The first-order valence-electron chi connectivity index (χ1n) is 16.0. The molecule has 0 amide bonds. The Morgan fingerprint density at radius 3 is 2.14 bits per heavy atom. The average molecular weight is 700 g/mol. The van der Waals surface area contributed by atoms with Crippen LogP contribution < -0.4 is 23.8 Å². The van der Waals surface area contributed by atoms with Crippen molar-refractivity contribution in [2.24, 2.45) is 0 Å². The van der Waals surface area contributed by atoms with Gasteiger partial charge in [-0.1, -0.05) is 26.0 Å². The lowest BCUT2D eigenvalue weighted by Crippen LogP contribution is -2.25. The fourth-order valence-corrected chi connectivity index (χ4v) is 5.46. The summed E-state index contributed by atoms with van der Waals surface area (Å²) < 4.78 is 78.0. The second-order valence-electron chi connectivity index (χ2n) is 11.7. The number of carboxylic acids is 1. The SMILES string of the molecule is CCC(C)c1ccc(OC)c(-c2cc(OC)c(OC)cc2CN(Cc2cc(CF)cc(C(F)(F)F)c2)c2ncc(OCCCC(=O)O)cn2)c1. The third-order valence-corrected chi connectivity index (χ3v) is 8.27. The van der Waals surface area contributed by atoms with Crippen LogP contribution in [0.3, 0.4) is 0 Å². The Balaban J connectivity index is 1.85. The Kier molecular flexibility index (Phi) is 12.9. The number of benzene rings is 3. The van der Waals surface area contributed by atoms with Gasteiger partial charge < -0.3 is 29.0 Å². The third kappa shape index (κ3) is 9.54. The molecule has 0 spiro atoms. The predicted octanol–water partition coefficient (Wildman–Crippen LogP) is 8.62. The second-order valence-corrected chi connectivity index (χ2v) is 11.7. The van der Waals surface area contributed by atoms with E-state index in [9.17, 15) is 22.4 Å². The smallest absolute Gasteiger partial charge is 0.416 e. The van der Waals surface area contributed by atoms with Gasteiger partial charge in [0.25, 0.3) is 0 Å². The van der Waals surface area contributed by atoms with E-state index in [1.807, 2.05) is 18.2 Å². The van der Waals surface area contributed by atoms with Gasteiger partial charge >= 0.3 is 12.1 Å². The van der Waals surface area contributed by atoms with E-state index in [0.717, 1.165) is 35.2 Å². The van der Waals surface area contributed by atoms with Crippen molar-refractivity contribution in [3.63, 3.8) is 0 Å². The van der Waals surface area contributed by atoms with Crippen LogP contribution in [-0.2, 0) is 30.7 Å². The van der Waals surface area contributed by atoms with Crippen molar-refractivity contribution in [2.45, 2.75) is 65.0 Å². The van der Waals surface area contributed by atoms with Crippen LogP contribution in [0.15, 0.2) is 60.9 Å². The maximum Gasteiger partial charge on any atom is 0.416 e. The molecule has 9 nitrogen and oxygen atoms in total. The number of ether oxygens (including phenoxy) is 4. The topological polar surface area (TPSA) is 103 Å². The molecular formula is C37H41F4N3O6. The van der Waals surface area contributed by atoms with Crippen LogP contribution in [0.4, 0.5) is 23.5 Å². The summed E-state index contributed by atoms with van der Waals surface area (Å²) in [6.07, 6.45) is -0.753. The summed E-state index contributed by atoms with van der Waals surface area (Å²) in [5.74, 6) is 1.24. The van der Waals surface area contributed by atoms with E-state index in [-0.39, 0.29) is 61.3 Å². The molecule has 1 N–H and O–H groups in total. The van der Waals surface area contributed by atoms with E-state index in [0.29, 0.717) is 22.8 Å². The normalized spacial score (nSPS) is 11.9. The van der Waals surface area contributed by atoms with Crippen LogP contribution in [-0.4, -0.2) is 49.0 Å². The van der Waals surface area contributed by atoms with Crippen LogP contribution in [0.25, 0.3) is 11.1 Å². The minimum atomic E-state index is -4.69. The maximum atomic E-state index is 13.8. The maximum absolute atomic E-state index is 13.8. The molecule has 0 saturated carbocycles. The molecule has 0 radical (unpaired) electrons. The molecule has 268 valence electrons. The van der Waals surface area contributed by atoms with E-state index in [1.54, 1.807) is 18.1 Å². The minimum Gasteiger partial charge on any atom is -0.496 e. The number of halogens is 4. The number of carboxylic acid groups (broad SMARTS) is 1. The first kappa shape index (κ1) is 37.7. The van der Waals surface area contributed by atoms with Gasteiger partial charge in [0.2, 0.25) is 5.95 Å². The lowest BCUT2D eigenvalue weighted by atomic mass is 9.91. The molecule has 0 aliphatic heterocycles. The number of hydrogen-bond acceptors (Lipinski definition) is 8. The molecule has 1 heterocycles. The molecule has 50 heavy (non-hydrogen) atoms. The summed E-state index contributed by atoms with van der Waals surface area (Å²) in [6, 6.07) is 12.7. The summed E-state index contributed by atoms with van der Waals surface area (Å²) in [4.78, 5) is 21.4. The molecule has 0 saturated heterocycles. The molecular weight excluding hydrogens is 658 g/mol. The molecule has 13 heteroatoms. The van der Waals surface area contributed by atoms with Crippen LogP contribution in [0.5, 0.6) is 23.0 Å². The van der Waals surface area contributed by atoms with Crippen LogP contribution in [0.1, 0.15) is 66.8 Å². The predicted molar refractivity (Wildman–Crippen MR) is 181 cm³/mol. The molecule has 0 bridgehead atoms. The van der Waals surface area contributed by atoms with Gasteiger partial charge in [-0.2, -0.15) is 13.2 Å². The van der Waals surface area contributed by atoms with Crippen molar-refractivity contribution < 1.29 is 46.4 Å². The van der Waals surface area contributed by atoms with Crippen molar-refractivity contribution >= 4 is 11.9 Å². The fraction of sp³-hybridized carbons (Fsp3) is 0.378. The summed E-state index contributed by atoms with van der Waals surface area (Å²) in [5, 5.41) is 8.89. The number of nitrogens with zero attached hydrogens (tertiary/aromatic N) is 3. The largest absolute Gasteiger partial charge is 0.496 e. The number of hydrogen-bond donors (Lipinski definition) is 1. The Labute approximate surface area is 288 Å². The van der Waals surface area contributed by atoms with Gasteiger partial charge in [-0.15, -0.1) is 0 Å². The molecule has 0 aliphatic rings. The summed E-state index contributed by atoms with van der Waals surface area (Å²) in [5.41, 5.74) is 2.39. The first-order chi connectivity index (χ1) is 23.9. The highest BCUT2D eigenvalue weighted by Crippen LogP contribution is 2.42. The van der Waals surface area contributed by atoms with Gasteiger partial charge in [0.15, 0.2) is 17.2 Å². The zero-order valence-corrected chi connectivity index (χ0v) is 28.6. The summed E-state index contributed by atoms with van der Waals surface area (Å²) >= 11 is 0. The molecule has 1 aromatic heterocycles. The summed E-state index contributed by atoms with van der Waals surface area (Å²) in [6.45, 7) is 3.23. The number of carbonyl (C=O) groups is 1. The van der Waals surface area contributed by atoms with Crippen molar-refractivity contribution in [3.05, 3.63) is 88.7 Å². The van der Waals surface area contributed by atoms with E-state index in [4.69, 9.17) is 24.1 Å². The third-order valence-electron chi connectivity index (χ3n) is 8.27. The Morgan fingerprint density at radius 2 is 1.54 bits per heavy atom. The zero-order valence-electron chi connectivity index (χ0n) is 28.6. The van der Waals surface area contributed by atoms with Gasteiger partial charge in [-0.3, -0.25) is 4.79 Å². The number of methoxy groups -OCH3 is 3. The van der Waals surface area contributed by atoms with Crippen LogP contribution in [0, 0.1) is 0 Å². The van der Waals surface area contributed by atoms with Crippen molar-refractivity contribution in [2.75, 3.05) is 32.8 Å². The van der Waals surface area contributed by atoms with E-state index in [1.165, 1.54) is 32.7 Å². The van der Waals surface area contributed by atoms with E-state index in [2.05, 4.69) is 29.9 Å². The zero-order chi connectivity index (χ0) is 36.4. The minimum absolute atomic E-state index is 0.0662. The number of anilines is 1. The highest BCUT2D eigenvalue weighted by Gasteiger charge is 2.31. The van der Waals surface area contributed by atoms with Crippen LogP contribution in [0.2, 0.25) is 0 Å². The molecule has 1 unspecified atom stereocenters. The highest BCUT2D eigenvalue weighted by molar-refractivity contribution is 5.77. The highest BCUT2D eigenvalue weighted by atomic mass is 19.4. The van der Waals surface area contributed by atoms with Gasteiger partial charge in [0.05, 0.1) is 45.9 Å². The fourth-order valence-electron chi connectivity index (χ4n) is 5.46. The van der Waals surface area contributed by atoms with Crippen molar-refractivity contribution in [3.8, 4) is 34.1 Å². The Bertz CT molecular complexity index is 1750. The monoisotopic (exact) mass is 699 g/mol. The van der Waals surface area contributed by atoms with Gasteiger partial charge in [-0.05, 0) is 83.0 Å². The van der Waals surface area contributed by atoms with E-state index < -0.39 is 24.4 Å². The number of alkyl halides is 4. The average Bonchev–Trinajstić information content (AvgIpc) is 3.11. The van der Waals surface area contributed by atoms with Crippen molar-refractivity contribution in [1.29, 1.82) is 0 Å². The number of aromatic nitrogens is 2. The Hall–Kier alpha value is -5.07. The number of aliphatic carboxylic acids is 1. The first-order valence-corrected chi connectivity index (χ1v) is 16.0. The quantitative estimate of drug-likeness (QED) is 0.0857. The van der Waals surface area contributed by atoms with Gasteiger partial charge in [0, 0.05) is 25.1 Å². The molecule has 0 fully saturated rings. The van der Waals surface area contributed by atoms with Crippen LogP contribution >= 0.6 is 0 Å². The van der Waals surface area contributed by atoms with E-state index >= 15 is 0 Å². The lowest BCUT2D eigenvalue weighted by Gasteiger charge is -2.26. The van der Waals surface area contributed by atoms with Crippen molar-refractivity contribution in [1.82, 2.24) is 9.97 Å². The molecule has 0 aliphatic carbocycles. The van der Waals surface area contributed by atoms with Gasteiger partial charge in [-0.25, -0.2) is 14.4 Å². The molecule has 4 aromatic rings. The molecule has 1 atom stereocenters.